The molecular formula is C21H34N2. The van der Waals surface area contributed by atoms with Crippen molar-refractivity contribution in [2.45, 2.75) is 57.8 Å². The summed E-state index contributed by atoms with van der Waals surface area (Å²) in [6.07, 6.45) is 9.46. The molecule has 0 bridgehead atoms. The van der Waals surface area contributed by atoms with E-state index in [1.807, 2.05) is 0 Å². The van der Waals surface area contributed by atoms with Crippen LogP contribution in [0.5, 0.6) is 0 Å². The van der Waals surface area contributed by atoms with Gasteiger partial charge in [0.15, 0.2) is 0 Å². The third kappa shape index (κ3) is 4.81. The van der Waals surface area contributed by atoms with E-state index in [-0.39, 0.29) is 0 Å². The van der Waals surface area contributed by atoms with Gasteiger partial charge in [-0.15, -0.1) is 0 Å². The summed E-state index contributed by atoms with van der Waals surface area (Å²) in [5.74, 6) is 0.795. The maximum Gasteiger partial charge on any atom is 0.0109 e. The Morgan fingerprint density at radius 2 is 1.52 bits per heavy atom. The summed E-state index contributed by atoms with van der Waals surface area (Å²) < 4.78 is 0. The lowest BCUT2D eigenvalue weighted by atomic mass is 9.85. The Kier molecular flexibility index (Phi) is 6.53. The average Bonchev–Trinajstić information content (AvgIpc) is 2.62. The zero-order chi connectivity index (χ0) is 15.9. The van der Waals surface area contributed by atoms with Gasteiger partial charge in [-0.3, -0.25) is 0 Å². The SMILES string of the molecule is CCCc1ccccc1C1CCN(CCN2CCCCC2)CC1. The normalized spacial score (nSPS) is 21.6. The molecule has 23 heavy (non-hydrogen) atoms. The second kappa shape index (κ2) is 8.84. The van der Waals surface area contributed by atoms with Gasteiger partial charge in [0.05, 0.1) is 0 Å². The highest BCUT2D eigenvalue weighted by atomic mass is 15.2. The maximum atomic E-state index is 2.70. The Morgan fingerprint density at radius 3 is 2.22 bits per heavy atom. The number of nitrogens with zero attached hydrogens (tertiary/aromatic N) is 2. The zero-order valence-electron chi connectivity index (χ0n) is 15.0. The fraction of sp³-hybridized carbons (Fsp3) is 0.714. The van der Waals surface area contributed by atoms with Gasteiger partial charge in [-0.25, -0.2) is 0 Å². The lowest BCUT2D eigenvalue weighted by Gasteiger charge is -2.35. The summed E-state index contributed by atoms with van der Waals surface area (Å²) in [7, 11) is 0. The van der Waals surface area contributed by atoms with Crippen molar-refractivity contribution in [3.8, 4) is 0 Å². The third-order valence-electron chi connectivity index (χ3n) is 5.78. The molecule has 0 atom stereocenters. The molecule has 2 heterocycles. The van der Waals surface area contributed by atoms with Crippen LogP contribution in [-0.2, 0) is 6.42 Å². The second-order valence-electron chi connectivity index (χ2n) is 7.47. The fourth-order valence-corrected chi connectivity index (χ4v) is 4.36. The van der Waals surface area contributed by atoms with Gasteiger partial charge in [0.2, 0.25) is 0 Å². The number of rotatable bonds is 6. The van der Waals surface area contributed by atoms with Crippen molar-refractivity contribution < 1.29 is 0 Å². The summed E-state index contributed by atoms with van der Waals surface area (Å²) in [5, 5.41) is 0. The molecule has 1 aromatic rings. The van der Waals surface area contributed by atoms with Crippen LogP contribution in [0.1, 0.15) is 62.5 Å². The highest BCUT2D eigenvalue weighted by Crippen LogP contribution is 2.30. The van der Waals surface area contributed by atoms with E-state index in [0.29, 0.717) is 0 Å². The summed E-state index contributed by atoms with van der Waals surface area (Å²) in [6.45, 7) is 10.1. The second-order valence-corrected chi connectivity index (χ2v) is 7.47. The van der Waals surface area contributed by atoms with E-state index < -0.39 is 0 Å². The van der Waals surface area contributed by atoms with Crippen molar-refractivity contribution in [2.75, 3.05) is 39.3 Å². The van der Waals surface area contributed by atoms with Gasteiger partial charge in [0.25, 0.3) is 0 Å². The van der Waals surface area contributed by atoms with Gasteiger partial charge in [-0.2, -0.15) is 0 Å². The summed E-state index contributed by atoms with van der Waals surface area (Å²) in [6, 6.07) is 9.18. The first kappa shape index (κ1) is 17.0. The molecule has 2 fully saturated rings. The lowest BCUT2D eigenvalue weighted by molar-refractivity contribution is 0.159. The molecule has 2 nitrogen and oxygen atoms in total. The molecule has 2 saturated heterocycles. The molecule has 1 aromatic carbocycles. The predicted octanol–water partition coefficient (Wildman–Crippen LogP) is 4.30. The molecule has 128 valence electrons. The van der Waals surface area contributed by atoms with Crippen molar-refractivity contribution in [1.82, 2.24) is 9.80 Å². The minimum atomic E-state index is 0.795. The van der Waals surface area contributed by atoms with Gasteiger partial charge >= 0.3 is 0 Å². The van der Waals surface area contributed by atoms with E-state index in [9.17, 15) is 0 Å². The smallest absolute Gasteiger partial charge is 0.0109 e. The predicted molar refractivity (Wildman–Crippen MR) is 99.1 cm³/mol. The van der Waals surface area contributed by atoms with Crippen LogP contribution in [0.3, 0.4) is 0 Å². The van der Waals surface area contributed by atoms with Crippen LogP contribution in [0.15, 0.2) is 24.3 Å². The minimum Gasteiger partial charge on any atom is -0.302 e. The standard InChI is InChI=1S/C21H34N2/c1-2-8-19-9-4-5-10-21(19)20-11-15-23(16-12-20)18-17-22-13-6-3-7-14-22/h4-5,9-10,20H,2-3,6-8,11-18H2,1H3. The van der Waals surface area contributed by atoms with Crippen LogP contribution in [-0.4, -0.2) is 49.1 Å². The fourth-order valence-electron chi connectivity index (χ4n) is 4.36. The monoisotopic (exact) mass is 314 g/mol. The van der Waals surface area contributed by atoms with Gasteiger partial charge in [0, 0.05) is 13.1 Å². The summed E-state index contributed by atoms with van der Waals surface area (Å²) >= 11 is 0. The Morgan fingerprint density at radius 1 is 0.870 bits per heavy atom. The van der Waals surface area contributed by atoms with Gasteiger partial charge in [0.1, 0.15) is 0 Å². The molecule has 2 heteroatoms. The van der Waals surface area contributed by atoms with Crippen molar-refractivity contribution in [3.63, 3.8) is 0 Å². The number of hydrogen-bond donors (Lipinski definition) is 0. The van der Waals surface area contributed by atoms with E-state index >= 15 is 0 Å². The van der Waals surface area contributed by atoms with Crippen LogP contribution in [0.2, 0.25) is 0 Å². The average molecular weight is 315 g/mol. The number of likely N-dealkylation sites (tertiary alicyclic amines) is 2. The van der Waals surface area contributed by atoms with Gasteiger partial charge in [-0.1, -0.05) is 44.0 Å². The van der Waals surface area contributed by atoms with Crippen molar-refractivity contribution in [2.24, 2.45) is 0 Å². The molecule has 0 radical (unpaired) electrons. The third-order valence-corrected chi connectivity index (χ3v) is 5.78. The summed E-state index contributed by atoms with van der Waals surface area (Å²) in [4.78, 5) is 5.37. The topological polar surface area (TPSA) is 6.48 Å². The zero-order valence-corrected chi connectivity index (χ0v) is 15.0. The van der Waals surface area contributed by atoms with Crippen LogP contribution in [0, 0.1) is 0 Å². The molecule has 0 unspecified atom stereocenters. The molecule has 0 aliphatic carbocycles. The van der Waals surface area contributed by atoms with E-state index in [1.54, 1.807) is 11.1 Å². The van der Waals surface area contributed by atoms with Crippen molar-refractivity contribution in [3.05, 3.63) is 35.4 Å². The van der Waals surface area contributed by atoms with Crippen molar-refractivity contribution >= 4 is 0 Å². The molecule has 0 N–H and O–H groups in total. The number of benzene rings is 1. The molecule has 0 amide bonds. The van der Waals surface area contributed by atoms with E-state index in [4.69, 9.17) is 0 Å². The molecule has 0 saturated carbocycles. The first-order chi connectivity index (χ1) is 11.4. The van der Waals surface area contributed by atoms with Gasteiger partial charge < -0.3 is 9.80 Å². The number of hydrogen-bond acceptors (Lipinski definition) is 2. The van der Waals surface area contributed by atoms with E-state index in [1.165, 1.54) is 84.2 Å². The minimum absolute atomic E-state index is 0.795. The first-order valence-electron chi connectivity index (χ1n) is 9.89. The molecule has 0 spiro atoms. The van der Waals surface area contributed by atoms with Crippen LogP contribution in [0.4, 0.5) is 0 Å². The lowest BCUT2D eigenvalue weighted by Crippen LogP contribution is -2.41. The van der Waals surface area contributed by atoms with E-state index in [0.717, 1.165) is 5.92 Å². The Balaban J connectivity index is 1.46. The van der Waals surface area contributed by atoms with Crippen LogP contribution >= 0.6 is 0 Å². The first-order valence-corrected chi connectivity index (χ1v) is 9.89. The Bertz CT molecular complexity index is 457. The quantitative estimate of drug-likeness (QED) is 0.772. The Labute approximate surface area is 142 Å². The molecule has 3 rings (SSSR count). The van der Waals surface area contributed by atoms with Gasteiger partial charge in [-0.05, 0) is 75.3 Å². The van der Waals surface area contributed by atoms with E-state index in [2.05, 4.69) is 41.0 Å². The molecule has 2 aliphatic heterocycles. The maximum absolute atomic E-state index is 2.70. The largest absolute Gasteiger partial charge is 0.302 e. The number of piperidine rings is 2. The Hall–Kier alpha value is -0.860. The molecule has 2 aliphatic rings. The van der Waals surface area contributed by atoms with Crippen LogP contribution in [0.25, 0.3) is 0 Å². The van der Waals surface area contributed by atoms with Crippen LogP contribution < -0.4 is 0 Å². The summed E-state index contributed by atoms with van der Waals surface area (Å²) in [5.41, 5.74) is 3.24. The highest BCUT2D eigenvalue weighted by molar-refractivity contribution is 5.31. The molecule has 0 aromatic heterocycles. The highest BCUT2D eigenvalue weighted by Gasteiger charge is 2.22. The van der Waals surface area contributed by atoms with Crippen molar-refractivity contribution in [1.29, 1.82) is 0 Å². The number of aryl methyl sites for hydroxylation is 1. The molecular weight excluding hydrogens is 280 g/mol.